The van der Waals surface area contributed by atoms with Crippen LogP contribution in [0.15, 0.2) is 0 Å². The Balaban J connectivity index is 0. The van der Waals surface area contributed by atoms with Crippen molar-refractivity contribution in [3.05, 3.63) is 0 Å². The molecular weight excluding hydrogens is 271 g/mol. The highest BCUT2D eigenvalue weighted by Gasteiger charge is 1.95. The lowest BCUT2D eigenvalue weighted by atomic mass is 10.0. The van der Waals surface area contributed by atoms with Crippen LogP contribution in [0.4, 0.5) is 0 Å². The minimum atomic E-state index is -2.87. The lowest BCUT2D eigenvalue weighted by Gasteiger charge is -2.04. The first-order valence-corrected chi connectivity index (χ1v) is 9.52. The van der Waals surface area contributed by atoms with Crippen molar-refractivity contribution in [2.45, 2.75) is 97.8 Å². The molecule has 2 N–H and O–H groups in total. The van der Waals surface area contributed by atoms with E-state index in [9.17, 15) is 0 Å². The minimum Gasteiger partial charge on any atom is -0.134 e. The quantitative estimate of drug-likeness (QED) is 0.345. The Kier molecular flexibility index (Phi) is 21.2. The summed E-state index contributed by atoms with van der Waals surface area (Å²) in [6, 6.07) is 0. The number of unbranched alkanes of at least 4 members (excludes halogenated alkanes) is 10. The summed E-state index contributed by atoms with van der Waals surface area (Å²) < 4.78 is 8.70. The summed E-state index contributed by atoms with van der Waals surface area (Å²) in [6.45, 7) is 6.95. The van der Waals surface area contributed by atoms with Gasteiger partial charge in [-0.2, -0.15) is 0 Å². The van der Waals surface area contributed by atoms with Crippen molar-refractivity contribution in [2.75, 3.05) is 0 Å². The molecule has 0 amide bonds. The van der Waals surface area contributed by atoms with Gasteiger partial charge in [0.15, 0.2) is 0 Å². The van der Waals surface area contributed by atoms with E-state index in [-0.39, 0.29) is 0 Å². The van der Waals surface area contributed by atoms with E-state index in [0.717, 1.165) is 5.92 Å². The Bertz CT molecular complexity index is 192. The highest BCUT2D eigenvalue weighted by atomic mass is 31.1. The van der Waals surface area contributed by atoms with Gasteiger partial charge in [-0.05, 0) is 5.92 Å². The second-order valence-corrected chi connectivity index (χ2v) is 6.48. The van der Waals surface area contributed by atoms with Crippen molar-refractivity contribution >= 4 is 8.25 Å². The van der Waals surface area contributed by atoms with Gasteiger partial charge in [-0.25, -0.2) is 0 Å². The Morgan fingerprint density at radius 3 is 1.35 bits per heavy atom. The average molecular weight is 307 g/mol. The molecule has 0 fully saturated rings. The zero-order chi connectivity index (χ0) is 15.6. The molecule has 0 rings (SSSR count). The van der Waals surface area contributed by atoms with Crippen LogP contribution in [-0.4, -0.2) is 9.79 Å². The normalized spacial score (nSPS) is 10.3. The van der Waals surface area contributed by atoms with Crippen LogP contribution >= 0.6 is 8.25 Å². The van der Waals surface area contributed by atoms with E-state index >= 15 is 0 Å². The van der Waals surface area contributed by atoms with E-state index in [1.807, 2.05) is 0 Å². The Hall–Kier alpha value is 0.0200. The van der Waals surface area contributed by atoms with Crippen LogP contribution in [0.5, 0.6) is 0 Å². The van der Waals surface area contributed by atoms with Gasteiger partial charge in [-0.15, -0.1) is 9.79 Å². The van der Waals surface area contributed by atoms with Gasteiger partial charge in [0.1, 0.15) is 0 Å². The molecule has 0 aromatic rings. The van der Waals surface area contributed by atoms with Gasteiger partial charge in [-0.1, -0.05) is 97.8 Å². The Morgan fingerprint density at radius 1 is 0.750 bits per heavy atom. The molecule has 0 saturated carbocycles. The minimum absolute atomic E-state index is 0.901. The van der Waals surface area contributed by atoms with Gasteiger partial charge < -0.3 is 0 Å². The molecule has 0 heterocycles. The van der Waals surface area contributed by atoms with E-state index in [1.165, 1.54) is 77.0 Å². The summed E-state index contributed by atoms with van der Waals surface area (Å²) in [5.41, 5.74) is 0. The van der Waals surface area contributed by atoms with Crippen molar-refractivity contribution in [1.29, 1.82) is 0 Å². The third-order valence-corrected chi connectivity index (χ3v) is 3.39. The fourth-order valence-electron chi connectivity index (χ4n) is 2.22. The van der Waals surface area contributed by atoms with Crippen molar-refractivity contribution < 1.29 is 14.4 Å². The SMILES string of the molecule is CCCCCCCCCCCCCC(C)C.O=[P+](O)O. The van der Waals surface area contributed by atoms with E-state index < -0.39 is 8.25 Å². The molecule has 4 heteroatoms. The predicted molar refractivity (Wildman–Crippen MR) is 88.0 cm³/mol. The molecule has 0 spiro atoms. The first kappa shape index (κ1) is 22.3. The third kappa shape index (κ3) is 30.8. The van der Waals surface area contributed by atoms with E-state index in [0.29, 0.717) is 0 Å². The Labute approximate surface area is 127 Å². The molecule has 20 heavy (non-hydrogen) atoms. The van der Waals surface area contributed by atoms with Gasteiger partial charge in [0.2, 0.25) is 0 Å². The van der Waals surface area contributed by atoms with Crippen molar-refractivity contribution in [3.63, 3.8) is 0 Å². The maximum atomic E-state index is 8.70. The van der Waals surface area contributed by atoms with Gasteiger partial charge >= 0.3 is 8.25 Å². The predicted octanol–water partition coefficient (Wildman–Crippen LogP) is 5.97. The first-order valence-electron chi connectivity index (χ1n) is 8.35. The van der Waals surface area contributed by atoms with Crippen molar-refractivity contribution in [1.82, 2.24) is 0 Å². The van der Waals surface area contributed by atoms with Crippen LogP contribution in [-0.2, 0) is 4.57 Å². The van der Waals surface area contributed by atoms with Crippen LogP contribution in [0.1, 0.15) is 97.8 Å². The van der Waals surface area contributed by atoms with Crippen LogP contribution in [0.3, 0.4) is 0 Å². The van der Waals surface area contributed by atoms with Crippen molar-refractivity contribution in [2.24, 2.45) is 5.92 Å². The second kappa shape index (κ2) is 19.0. The van der Waals surface area contributed by atoms with Gasteiger partial charge in [0.05, 0.1) is 0 Å². The lowest BCUT2D eigenvalue weighted by molar-refractivity contribution is 0.405. The third-order valence-electron chi connectivity index (χ3n) is 3.39. The topological polar surface area (TPSA) is 57.5 Å². The molecule has 0 radical (unpaired) electrons. The molecule has 0 aliphatic heterocycles. The molecule has 0 atom stereocenters. The van der Waals surface area contributed by atoms with Gasteiger partial charge in [0.25, 0.3) is 0 Å². The largest absolute Gasteiger partial charge is 0.692 e. The van der Waals surface area contributed by atoms with Gasteiger partial charge in [0, 0.05) is 4.57 Å². The molecule has 3 nitrogen and oxygen atoms in total. The van der Waals surface area contributed by atoms with E-state index in [4.69, 9.17) is 14.4 Å². The standard InChI is InChI=1S/C16H34.HO3P/c1-4-5-6-7-8-9-10-11-12-13-14-15-16(2)3;1-4(2)3/h16H,4-15H2,1-3H3;(H-,1,2,3)/p+1. The van der Waals surface area contributed by atoms with Crippen LogP contribution in [0, 0.1) is 5.92 Å². The maximum absolute atomic E-state index is 8.70. The highest BCUT2D eigenvalue weighted by Crippen LogP contribution is 2.13. The van der Waals surface area contributed by atoms with Crippen molar-refractivity contribution in [3.8, 4) is 0 Å². The summed E-state index contributed by atoms with van der Waals surface area (Å²) in [5.74, 6) is 0.901. The molecule has 0 saturated heterocycles. The van der Waals surface area contributed by atoms with Crippen LogP contribution < -0.4 is 0 Å². The summed E-state index contributed by atoms with van der Waals surface area (Å²) in [5, 5.41) is 0. The zero-order valence-electron chi connectivity index (χ0n) is 13.8. The zero-order valence-corrected chi connectivity index (χ0v) is 14.7. The monoisotopic (exact) mass is 307 g/mol. The average Bonchev–Trinajstić information content (AvgIpc) is 2.35. The number of rotatable bonds is 12. The van der Waals surface area contributed by atoms with Crippen LogP contribution in [0.2, 0.25) is 0 Å². The highest BCUT2D eigenvalue weighted by molar-refractivity contribution is 7.30. The Morgan fingerprint density at radius 2 is 1.05 bits per heavy atom. The fraction of sp³-hybridized carbons (Fsp3) is 1.00. The number of hydrogen-bond donors (Lipinski definition) is 2. The second-order valence-electron chi connectivity index (χ2n) is 5.97. The lowest BCUT2D eigenvalue weighted by Crippen LogP contribution is -1.87. The number of hydrogen-bond acceptors (Lipinski definition) is 1. The fourth-order valence-corrected chi connectivity index (χ4v) is 2.22. The molecule has 0 aliphatic carbocycles. The summed E-state index contributed by atoms with van der Waals surface area (Å²) in [4.78, 5) is 14.2. The van der Waals surface area contributed by atoms with Gasteiger partial charge in [-0.3, -0.25) is 0 Å². The summed E-state index contributed by atoms with van der Waals surface area (Å²) in [7, 11) is -2.87. The molecule has 0 bridgehead atoms. The smallest absolute Gasteiger partial charge is 0.134 e. The molecular formula is C16H36O3P+. The van der Waals surface area contributed by atoms with E-state index in [1.54, 1.807) is 0 Å². The molecule has 0 aliphatic rings. The summed E-state index contributed by atoms with van der Waals surface area (Å²) in [6.07, 6.45) is 17.5. The van der Waals surface area contributed by atoms with Crippen LogP contribution in [0.25, 0.3) is 0 Å². The molecule has 122 valence electrons. The molecule has 0 aromatic heterocycles. The summed E-state index contributed by atoms with van der Waals surface area (Å²) >= 11 is 0. The molecule has 0 unspecified atom stereocenters. The first-order chi connectivity index (χ1) is 9.50. The van der Waals surface area contributed by atoms with E-state index in [2.05, 4.69) is 20.8 Å². The maximum Gasteiger partial charge on any atom is 0.692 e. The molecule has 0 aromatic carbocycles.